The van der Waals surface area contributed by atoms with Gasteiger partial charge in [0, 0.05) is 18.5 Å². The van der Waals surface area contributed by atoms with E-state index in [0.717, 1.165) is 37.2 Å². The lowest BCUT2D eigenvalue weighted by atomic mass is 9.79. The number of hydrogen-bond donors (Lipinski definition) is 0. The van der Waals surface area contributed by atoms with Crippen LogP contribution in [-0.2, 0) is 21.2 Å². The number of carbonyl (C=O) groups excluding carboxylic acids is 1. The van der Waals surface area contributed by atoms with Crippen LogP contribution in [0.5, 0.6) is 0 Å². The highest BCUT2D eigenvalue weighted by atomic mass is 32.2. The molecule has 2 fully saturated rings. The van der Waals surface area contributed by atoms with E-state index in [2.05, 4.69) is 6.92 Å². The van der Waals surface area contributed by atoms with Gasteiger partial charge in [-0.05, 0) is 55.7 Å². The van der Waals surface area contributed by atoms with Crippen molar-refractivity contribution in [3.8, 4) is 0 Å². The Bertz CT molecular complexity index is 754. The summed E-state index contributed by atoms with van der Waals surface area (Å²) in [6, 6.07) is 5.88. The number of amides is 1. The highest BCUT2D eigenvalue weighted by Crippen LogP contribution is 2.34. The number of halogens is 1. The van der Waals surface area contributed by atoms with Crippen LogP contribution in [0.4, 0.5) is 4.39 Å². The minimum atomic E-state index is -3.08. The van der Waals surface area contributed by atoms with Crippen molar-refractivity contribution < 1.29 is 17.6 Å². The van der Waals surface area contributed by atoms with E-state index in [1.54, 1.807) is 17.0 Å². The molecule has 0 aromatic heterocycles. The number of rotatable bonds is 7. The van der Waals surface area contributed by atoms with Crippen molar-refractivity contribution in [2.75, 3.05) is 11.5 Å². The molecule has 1 aromatic rings. The topological polar surface area (TPSA) is 54.5 Å². The Balaban J connectivity index is 1.69. The van der Waals surface area contributed by atoms with Gasteiger partial charge in [-0.3, -0.25) is 4.79 Å². The van der Waals surface area contributed by atoms with Gasteiger partial charge in [0.1, 0.15) is 5.82 Å². The van der Waals surface area contributed by atoms with Gasteiger partial charge in [0.05, 0.1) is 11.5 Å². The van der Waals surface area contributed by atoms with Crippen molar-refractivity contribution >= 4 is 15.7 Å². The van der Waals surface area contributed by atoms with Gasteiger partial charge in [-0.1, -0.05) is 38.3 Å². The van der Waals surface area contributed by atoms with Crippen LogP contribution in [-0.4, -0.2) is 36.8 Å². The summed E-state index contributed by atoms with van der Waals surface area (Å²) in [4.78, 5) is 15.1. The molecule has 1 aliphatic heterocycles. The molecule has 1 saturated carbocycles. The lowest BCUT2D eigenvalue weighted by Gasteiger charge is -2.35. The molecule has 1 aromatic carbocycles. The molecular formula is C22H32FNO3S. The molecule has 2 aliphatic rings. The summed E-state index contributed by atoms with van der Waals surface area (Å²) in [5.41, 5.74) is 0.843. The Hall–Kier alpha value is -1.43. The number of benzene rings is 1. The molecule has 1 atom stereocenters. The predicted molar refractivity (Wildman–Crippen MR) is 109 cm³/mol. The van der Waals surface area contributed by atoms with Crippen LogP contribution in [0.2, 0.25) is 0 Å². The van der Waals surface area contributed by atoms with Gasteiger partial charge in [0.2, 0.25) is 5.91 Å². The smallest absolute Gasteiger partial charge is 0.226 e. The monoisotopic (exact) mass is 409 g/mol. The normalized spacial score (nSPS) is 26.9. The zero-order valence-electron chi connectivity index (χ0n) is 16.8. The van der Waals surface area contributed by atoms with Crippen LogP contribution in [0.15, 0.2) is 24.3 Å². The number of unbranched alkanes of at least 4 members (excludes halogenated alkanes) is 1. The Morgan fingerprint density at radius 2 is 1.79 bits per heavy atom. The molecule has 6 heteroatoms. The zero-order valence-corrected chi connectivity index (χ0v) is 17.6. The highest BCUT2D eigenvalue weighted by Gasteiger charge is 2.38. The van der Waals surface area contributed by atoms with E-state index in [-0.39, 0.29) is 35.2 Å². The summed E-state index contributed by atoms with van der Waals surface area (Å²) in [6.45, 7) is 2.56. The SMILES string of the molecule is CCCCC1CCC(C(=O)N(Cc2ccc(F)cc2)C2CCS(=O)(=O)C2)CC1. The molecule has 1 amide bonds. The molecule has 28 heavy (non-hydrogen) atoms. The first kappa shape index (κ1) is 21.3. The highest BCUT2D eigenvalue weighted by molar-refractivity contribution is 7.91. The van der Waals surface area contributed by atoms with Crippen LogP contribution in [0, 0.1) is 17.7 Å². The largest absolute Gasteiger partial charge is 0.334 e. The van der Waals surface area contributed by atoms with E-state index < -0.39 is 9.84 Å². The van der Waals surface area contributed by atoms with Crippen molar-refractivity contribution in [2.45, 2.75) is 70.9 Å². The Morgan fingerprint density at radius 1 is 1.11 bits per heavy atom. The summed E-state index contributed by atoms with van der Waals surface area (Å²) >= 11 is 0. The molecule has 1 saturated heterocycles. The lowest BCUT2D eigenvalue weighted by molar-refractivity contribution is -0.139. The molecule has 4 nitrogen and oxygen atoms in total. The van der Waals surface area contributed by atoms with Gasteiger partial charge < -0.3 is 4.90 Å². The second-order valence-corrected chi connectivity index (χ2v) is 10.7. The third-order valence-electron chi connectivity index (χ3n) is 6.36. The van der Waals surface area contributed by atoms with Gasteiger partial charge in [-0.2, -0.15) is 0 Å². The first-order valence-corrected chi connectivity index (χ1v) is 12.5. The molecular weight excluding hydrogens is 377 g/mol. The Labute approximate surface area is 168 Å². The van der Waals surface area contributed by atoms with Gasteiger partial charge in [0.15, 0.2) is 9.84 Å². The van der Waals surface area contributed by atoms with Crippen molar-refractivity contribution in [3.05, 3.63) is 35.6 Å². The molecule has 1 unspecified atom stereocenters. The summed E-state index contributed by atoms with van der Waals surface area (Å²) < 4.78 is 37.2. The van der Waals surface area contributed by atoms with E-state index in [4.69, 9.17) is 0 Å². The number of nitrogens with zero attached hydrogens (tertiary/aromatic N) is 1. The van der Waals surface area contributed by atoms with Gasteiger partial charge >= 0.3 is 0 Å². The molecule has 156 valence electrons. The van der Waals surface area contributed by atoms with Crippen LogP contribution >= 0.6 is 0 Å². The van der Waals surface area contributed by atoms with Gasteiger partial charge in [-0.15, -0.1) is 0 Å². The fourth-order valence-corrected chi connectivity index (χ4v) is 6.35. The number of hydrogen-bond acceptors (Lipinski definition) is 3. The van der Waals surface area contributed by atoms with Crippen molar-refractivity contribution in [2.24, 2.45) is 11.8 Å². The minimum absolute atomic E-state index is 0.0124. The first-order valence-electron chi connectivity index (χ1n) is 10.6. The van der Waals surface area contributed by atoms with Crippen molar-refractivity contribution in [1.82, 2.24) is 4.90 Å². The fourth-order valence-electron chi connectivity index (χ4n) is 4.62. The van der Waals surface area contributed by atoms with E-state index in [1.165, 1.54) is 31.4 Å². The van der Waals surface area contributed by atoms with Crippen molar-refractivity contribution in [1.29, 1.82) is 0 Å². The first-order chi connectivity index (χ1) is 13.4. The summed E-state index contributed by atoms with van der Waals surface area (Å²) in [5, 5.41) is 0. The van der Waals surface area contributed by atoms with Crippen LogP contribution < -0.4 is 0 Å². The Kier molecular flexibility index (Phi) is 7.13. The predicted octanol–water partition coefficient (Wildman–Crippen LogP) is 4.34. The lowest BCUT2D eigenvalue weighted by Crippen LogP contribution is -2.44. The molecule has 3 rings (SSSR count). The number of sulfone groups is 1. The molecule has 0 N–H and O–H groups in total. The maximum Gasteiger partial charge on any atom is 0.226 e. The summed E-state index contributed by atoms with van der Waals surface area (Å²) in [7, 11) is -3.08. The maximum atomic E-state index is 13.3. The van der Waals surface area contributed by atoms with Gasteiger partial charge in [-0.25, -0.2) is 12.8 Å². The number of carbonyl (C=O) groups is 1. The second kappa shape index (κ2) is 9.38. The summed E-state index contributed by atoms with van der Waals surface area (Å²) in [6.07, 6.45) is 8.17. The van der Waals surface area contributed by atoms with E-state index in [0.29, 0.717) is 13.0 Å². The van der Waals surface area contributed by atoms with Crippen molar-refractivity contribution in [3.63, 3.8) is 0 Å². The molecule has 0 spiro atoms. The van der Waals surface area contributed by atoms with Gasteiger partial charge in [0.25, 0.3) is 0 Å². The average Bonchev–Trinajstić information content (AvgIpc) is 3.05. The van der Waals surface area contributed by atoms with E-state index >= 15 is 0 Å². The quantitative estimate of drug-likeness (QED) is 0.673. The second-order valence-electron chi connectivity index (χ2n) is 8.51. The molecule has 1 heterocycles. The minimum Gasteiger partial charge on any atom is -0.334 e. The Morgan fingerprint density at radius 3 is 2.36 bits per heavy atom. The zero-order chi connectivity index (χ0) is 20.1. The average molecular weight is 410 g/mol. The summed E-state index contributed by atoms with van der Waals surface area (Å²) in [5.74, 6) is 0.680. The standard InChI is InChI=1S/C22H32FNO3S/c1-2-3-4-17-5-9-19(10-6-17)22(25)24(21-13-14-28(26,27)16-21)15-18-7-11-20(23)12-8-18/h7-8,11-12,17,19,21H,2-6,9-10,13-16H2,1H3. The molecule has 1 aliphatic carbocycles. The molecule has 0 bridgehead atoms. The fraction of sp³-hybridized carbons (Fsp3) is 0.682. The molecule has 0 radical (unpaired) electrons. The van der Waals surface area contributed by atoms with Crippen LogP contribution in [0.1, 0.15) is 63.9 Å². The van der Waals surface area contributed by atoms with Crippen LogP contribution in [0.25, 0.3) is 0 Å². The van der Waals surface area contributed by atoms with Crippen LogP contribution in [0.3, 0.4) is 0 Å². The third kappa shape index (κ3) is 5.56. The third-order valence-corrected chi connectivity index (χ3v) is 8.11. The van der Waals surface area contributed by atoms with E-state index in [1.807, 2.05) is 0 Å². The van der Waals surface area contributed by atoms with E-state index in [9.17, 15) is 17.6 Å². The maximum absolute atomic E-state index is 13.3.